The number of nitrogens with one attached hydrogen (secondary N) is 1. The summed E-state index contributed by atoms with van der Waals surface area (Å²) in [5.41, 5.74) is -1.48. The maximum Gasteiger partial charge on any atom is 0.255 e. The first-order chi connectivity index (χ1) is 15.2. The monoisotopic (exact) mass is 469 g/mol. The van der Waals surface area contributed by atoms with Gasteiger partial charge in [0.15, 0.2) is 0 Å². The standard InChI is InChI=1S/C22H32FN3O5S/c1-3-25(4-2)21(28)22(10-6-5-7-11-22)24-20(27)18-16-17(8-9-19(18)23)32(29,30)26-12-14-31-15-13-26/h8-9,16H,3-7,10-15H2,1-2H3,(H,24,27). The van der Waals surface area contributed by atoms with Crippen molar-refractivity contribution in [2.75, 3.05) is 39.4 Å². The lowest BCUT2D eigenvalue weighted by molar-refractivity contribution is -0.139. The molecule has 3 rings (SSSR count). The summed E-state index contributed by atoms with van der Waals surface area (Å²) < 4.78 is 47.0. The molecule has 0 unspecified atom stereocenters. The van der Waals surface area contributed by atoms with Crippen molar-refractivity contribution in [2.24, 2.45) is 0 Å². The van der Waals surface area contributed by atoms with Crippen LogP contribution in [0.1, 0.15) is 56.3 Å². The van der Waals surface area contributed by atoms with Gasteiger partial charge >= 0.3 is 0 Å². The molecule has 0 radical (unpaired) electrons. The number of benzene rings is 1. The molecule has 1 aromatic rings. The van der Waals surface area contributed by atoms with Crippen molar-refractivity contribution >= 4 is 21.8 Å². The number of carbonyl (C=O) groups excluding carboxylic acids is 2. The molecule has 1 aliphatic carbocycles. The number of morpholine rings is 1. The highest BCUT2D eigenvalue weighted by Crippen LogP contribution is 2.31. The first kappa shape index (κ1) is 24.6. The number of amides is 2. The van der Waals surface area contributed by atoms with E-state index in [9.17, 15) is 22.4 Å². The molecule has 8 nitrogen and oxygen atoms in total. The zero-order valence-electron chi connectivity index (χ0n) is 18.7. The van der Waals surface area contributed by atoms with Crippen LogP contribution in [0.2, 0.25) is 0 Å². The highest BCUT2D eigenvalue weighted by Gasteiger charge is 2.43. The average Bonchev–Trinajstić information content (AvgIpc) is 2.81. The third-order valence-corrected chi connectivity index (χ3v) is 8.20. The number of carbonyl (C=O) groups is 2. The second kappa shape index (κ2) is 10.3. The molecule has 178 valence electrons. The Labute approximate surface area is 189 Å². The summed E-state index contributed by atoms with van der Waals surface area (Å²) in [6.07, 6.45) is 3.47. The molecule has 0 aromatic heterocycles. The summed E-state index contributed by atoms with van der Waals surface area (Å²) in [4.78, 5) is 27.9. The van der Waals surface area contributed by atoms with Gasteiger partial charge in [0.05, 0.1) is 23.7 Å². The molecule has 1 heterocycles. The van der Waals surface area contributed by atoms with Crippen molar-refractivity contribution in [1.82, 2.24) is 14.5 Å². The number of ether oxygens (including phenoxy) is 1. The molecule has 2 aliphatic rings. The fraction of sp³-hybridized carbons (Fsp3) is 0.636. The molecule has 10 heteroatoms. The zero-order chi connectivity index (χ0) is 23.4. The van der Waals surface area contributed by atoms with Crippen LogP contribution in [0.15, 0.2) is 23.1 Å². The van der Waals surface area contributed by atoms with Crippen LogP contribution in [0.3, 0.4) is 0 Å². The van der Waals surface area contributed by atoms with E-state index in [1.54, 1.807) is 4.90 Å². The van der Waals surface area contributed by atoms with Gasteiger partial charge in [0.25, 0.3) is 5.91 Å². The number of likely N-dealkylation sites (N-methyl/N-ethyl adjacent to an activating group) is 1. The van der Waals surface area contributed by atoms with Crippen LogP contribution < -0.4 is 5.32 Å². The van der Waals surface area contributed by atoms with Crippen LogP contribution in [-0.2, 0) is 19.6 Å². The first-order valence-corrected chi connectivity index (χ1v) is 12.7. The van der Waals surface area contributed by atoms with Gasteiger partial charge in [-0.25, -0.2) is 12.8 Å². The van der Waals surface area contributed by atoms with Crippen molar-refractivity contribution in [3.05, 3.63) is 29.6 Å². The van der Waals surface area contributed by atoms with Crippen LogP contribution in [0, 0.1) is 5.82 Å². The van der Waals surface area contributed by atoms with E-state index in [1.807, 2.05) is 13.8 Å². The highest BCUT2D eigenvalue weighted by atomic mass is 32.2. The number of halogens is 1. The molecule has 1 saturated heterocycles. The summed E-state index contributed by atoms with van der Waals surface area (Å²) in [6.45, 7) is 5.72. The van der Waals surface area contributed by atoms with Gasteiger partial charge < -0.3 is 15.0 Å². The molecule has 2 fully saturated rings. The van der Waals surface area contributed by atoms with Gasteiger partial charge in [-0.15, -0.1) is 0 Å². The van der Waals surface area contributed by atoms with Gasteiger partial charge in [-0.1, -0.05) is 19.3 Å². The Kier molecular flexibility index (Phi) is 7.89. The van der Waals surface area contributed by atoms with Crippen molar-refractivity contribution in [3.8, 4) is 0 Å². The lowest BCUT2D eigenvalue weighted by Crippen LogP contribution is -2.60. The molecule has 2 amide bonds. The van der Waals surface area contributed by atoms with Crippen molar-refractivity contribution in [3.63, 3.8) is 0 Å². The van der Waals surface area contributed by atoms with Gasteiger partial charge in [-0.2, -0.15) is 4.31 Å². The largest absolute Gasteiger partial charge is 0.379 e. The maximum atomic E-state index is 14.6. The van der Waals surface area contributed by atoms with Crippen LogP contribution >= 0.6 is 0 Å². The van der Waals surface area contributed by atoms with Crippen LogP contribution in [0.4, 0.5) is 4.39 Å². The second-order valence-corrected chi connectivity index (χ2v) is 10.2. The van der Waals surface area contributed by atoms with Crippen LogP contribution in [0.25, 0.3) is 0 Å². The Hall–Kier alpha value is -2.04. The van der Waals surface area contributed by atoms with Crippen molar-refractivity contribution in [2.45, 2.75) is 56.4 Å². The normalized spacial score (nSPS) is 19.3. The SMILES string of the molecule is CCN(CC)C(=O)C1(NC(=O)c2cc(S(=O)(=O)N3CCOCC3)ccc2F)CCCCC1. The molecule has 0 atom stereocenters. The summed E-state index contributed by atoms with van der Waals surface area (Å²) in [7, 11) is -3.89. The van der Waals surface area contributed by atoms with Gasteiger partial charge in [-0.3, -0.25) is 9.59 Å². The van der Waals surface area contributed by atoms with Gasteiger partial charge in [0.1, 0.15) is 11.4 Å². The van der Waals surface area contributed by atoms with Gasteiger partial charge in [0.2, 0.25) is 15.9 Å². The third-order valence-electron chi connectivity index (χ3n) is 6.31. The minimum Gasteiger partial charge on any atom is -0.379 e. The lowest BCUT2D eigenvalue weighted by Gasteiger charge is -2.40. The third kappa shape index (κ3) is 4.97. The lowest BCUT2D eigenvalue weighted by atomic mass is 9.80. The van der Waals surface area contributed by atoms with E-state index in [1.165, 1.54) is 4.31 Å². The van der Waals surface area contributed by atoms with E-state index in [0.29, 0.717) is 25.9 Å². The Morgan fingerprint density at radius 3 is 2.34 bits per heavy atom. The van der Waals surface area contributed by atoms with E-state index in [4.69, 9.17) is 4.74 Å². The molecule has 0 bridgehead atoms. The highest BCUT2D eigenvalue weighted by molar-refractivity contribution is 7.89. The summed E-state index contributed by atoms with van der Waals surface area (Å²) in [5, 5.41) is 2.80. The fourth-order valence-electron chi connectivity index (χ4n) is 4.42. The minimum atomic E-state index is -3.89. The molecule has 1 aromatic carbocycles. The van der Waals surface area contributed by atoms with E-state index >= 15 is 0 Å². The first-order valence-electron chi connectivity index (χ1n) is 11.2. The molecular weight excluding hydrogens is 437 g/mol. The Morgan fingerprint density at radius 2 is 1.75 bits per heavy atom. The smallest absolute Gasteiger partial charge is 0.255 e. The van der Waals surface area contributed by atoms with Gasteiger partial charge in [-0.05, 0) is 44.9 Å². The topological polar surface area (TPSA) is 96.0 Å². The number of hydrogen-bond acceptors (Lipinski definition) is 5. The molecule has 32 heavy (non-hydrogen) atoms. The summed E-state index contributed by atoms with van der Waals surface area (Å²) >= 11 is 0. The maximum absolute atomic E-state index is 14.6. The van der Waals surface area contributed by atoms with Crippen molar-refractivity contribution in [1.29, 1.82) is 0 Å². The quantitative estimate of drug-likeness (QED) is 0.660. The van der Waals surface area contributed by atoms with E-state index < -0.39 is 27.3 Å². The predicted molar refractivity (Wildman–Crippen MR) is 117 cm³/mol. The van der Waals surface area contributed by atoms with Crippen LogP contribution in [0.5, 0.6) is 0 Å². The van der Waals surface area contributed by atoms with E-state index in [-0.39, 0.29) is 42.7 Å². The molecular formula is C22H32FN3O5S. The molecule has 1 saturated carbocycles. The molecule has 1 N–H and O–H groups in total. The predicted octanol–water partition coefficient (Wildman–Crippen LogP) is 2.15. The van der Waals surface area contributed by atoms with Gasteiger partial charge in [0, 0.05) is 26.2 Å². The fourth-order valence-corrected chi connectivity index (χ4v) is 5.86. The van der Waals surface area contributed by atoms with E-state index in [2.05, 4.69) is 5.32 Å². The number of nitrogens with zero attached hydrogens (tertiary/aromatic N) is 2. The van der Waals surface area contributed by atoms with E-state index in [0.717, 1.165) is 37.5 Å². The van der Waals surface area contributed by atoms with Crippen molar-refractivity contribution < 1.29 is 27.1 Å². The molecule has 1 aliphatic heterocycles. The summed E-state index contributed by atoms with van der Waals surface area (Å²) in [5.74, 6) is -1.78. The Morgan fingerprint density at radius 1 is 1.12 bits per heavy atom. The second-order valence-electron chi connectivity index (χ2n) is 8.23. The average molecular weight is 470 g/mol. The summed E-state index contributed by atoms with van der Waals surface area (Å²) in [6, 6.07) is 3.21. The number of rotatable bonds is 7. The minimum absolute atomic E-state index is 0.154. The number of sulfonamides is 1. The van der Waals surface area contributed by atoms with Crippen LogP contribution in [-0.4, -0.2) is 74.4 Å². The molecule has 0 spiro atoms. The number of hydrogen-bond donors (Lipinski definition) is 1. The zero-order valence-corrected chi connectivity index (χ0v) is 19.5. The Bertz CT molecular complexity index is 937. The Balaban J connectivity index is 1.90.